The number of halogens is 5. The summed E-state index contributed by atoms with van der Waals surface area (Å²) in [5.41, 5.74) is 2.44. The van der Waals surface area contributed by atoms with Gasteiger partial charge in [-0.1, -0.05) is 50.5 Å². The second-order valence-corrected chi connectivity index (χ2v) is 8.97. The Bertz CT molecular complexity index is 1340. The Morgan fingerprint density at radius 3 is 2.19 bits per heavy atom. The molecule has 0 aliphatic carbocycles. The van der Waals surface area contributed by atoms with Crippen molar-refractivity contribution in [1.82, 2.24) is 9.97 Å². The Morgan fingerprint density at radius 2 is 1.51 bits per heavy atom. The molecule has 0 bridgehead atoms. The number of benzene rings is 3. The van der Waals surface area contributed by atoms with E-state index in [4.69, 9.17) is 0 Å². The first-order valence-electron chi connectivity index (χ1n) is 12.3. The maximum atomic E-state index is 15.2. The number of hydrogen-bond donors (Lipinski definition) is 0. The molecule has 4 aromatic rings. The van der Waals surface area contributed by atoms with Gasteiger partial charge in [-0.2, -0.15) is 8.78 Å². The van der Waals surface area contributed by atoms with E-state index in [1.54, 1.807) is 24.3 Å². The SMILES string of the molecule is CCCCCCc1cnc(-c2ccc3c(F)c(CCc4cc(F)c(OC(F)F)c(F)c4)ccc3c2)nc1. The molecule has 0 fully saturated rings. The highest BCUT2D eigenvalue weighted by Gasteiger charge is 2.17. The summed E-state index contributed by atoms with van der Waals surface area (Å²) >= 11 is 0. The molecule has 0 amide bonds. The lowest BCUT2D eigenvalue weighted by Crippen LogP contribution is -2.06. The molecule has 0 saturated carbocycles. The zero-order valence-corrected chi connectivity index (χ0v) is 20.4. The van der Waals surface area contributed by atoms with Gasteiger partial charge in [0.2, 0.25) is 0 Å². The monoisotopic (exact) mass is 514 g/mol. The van der Waals surface area contributed by atoms with Gasteiger partial charge in [0.1, 0.15) is 5.82 Å². The van der Waals surface area contributed by atoms with Crippen LogP contribution in [0.3, 0.4) is 0 Å². The summed E-state index contributed by atoms with van der Waals surface area (Å²) < 4.78 is 71.7. The fourth-order valence-corrected chi connectivity index (χ4v) is 4.30. The quantitative estimate of drug-likeness (QED) is 0.149. The van der Waals surface area contributed by atoms with Crippen LogP contribution in [0.25, 0.3) is 22.2 Å². The highest BCUT2D eigenvalue weighted by Crippen LogP contribution is 2.28. The van der Waals surface area contributed by atoms with E-state index in [1.165, 1.54) is 19.3 Å². The van der Waals surface area contributed by atoms with E-state index < -0.39 is 29.8 Å². The van der Waals surface area contributed by atoms with Gasteiger partial charge in [0.25, 0.3) is 0 Å². The van der Waals surface area contributed by atoms with Crippen molar-refractivity contribution >= 4 is 10.8 Å². The molecule has 0 N–H and O–H groups in total. The van der Waals surface area contributed by atoms with E-state index in [1.807, 2.05) is 18.5 Å². The number of aromatic nitrogens is 2. The number of nitrogens with zero attached hydrogens (tertiary/aromatic N) is 2. The first kappa shape index (κ1) is 26.5. The van der Waals surface area contributed by atoms with Crippen molar-refractivity contribution in [3.8, 4) is 17.1 Å². The van der Waals surface area contributed by atoms with Crippen LogP contribution < -0.4 is 4.74 Å². The maximum Gasteiger partial charge on any atom is 0.387 e. The van der Waals surface area contributed by atoms with Crippen molar-refractivity contribution in [3.05, 3.63) is 89.0 Å². The number of aryl methyl sites for hydroxylation is 3. The van der Waals surface area contributed by atoms with Gasteiger partial charge in [0, 0.05) is 23.3 Å². The average molecular weight is 515 g/mol. The van der Waals surface area contributed by atoms with Crippen LogP contribution in [0.4, 0.5) is 22.0 Å². The Morgan fingerprint density at radius 1 is 0.784 bits per heavy atom. The minimum Gasteiger partial charge on any atom is -0.429 e. The molecule has 0 unspecified atom stereocenters. The molecule has 0 atom stereocenters. The van der Waals surface area contributed by atoms with E-state index >= 15 is 4.39 Å². The molecule has 1 heterocycles. The third kappa shape index (κ3) is 6.61. The maximum absolute atomic E-state index is 15.2. The number of unbranched alkanes of at least 4 members (excludes halogenated alkanes) is 3. The molecule has 0 spiro atoms. The molecule has 194 valence electrons. The first-order chi connectivity index (χ1) is 17.9. The van der Waals surface area contributed by atoms with Crippen LogP contribution in [0.1, 0.15) is 49.3 Å². The molecule has 1 aromatic heterocycles. The van der Waals surface area contributed by atoms with Gasteiger partial charge in [-0.15, -0.1) is 0 Å². The lowest BCUT2D eigenvalue weighted by atomic mass is 9.98. The van der Waals surface area contributed by atoms with E-state index in [0.29, 0.717) is 22.2 Å². The molecule has 0 saturated heterocycles. The van der Waals surface area contributed by atoms with Gasteiger partial charge in [-0.25, -0.2) is 23.1 Å². The molecule has 37 heavy (non-hydrogen) atoms. The minimum atomic E-state index is -3.34. The summed E-state index contributed by atoms with van der Waals surface area (Å²) in [6.07, 6.45) is 9.59. The highest BCUT2D eigenvalue weighted by molar-refractivity contribution is 5.87. The van der Waals surface area contributed by atoms with Gasteiger partial charge in [-0.3, -0.25) is 0 Å². The van der Waals surface area contributed by atoms with Crippen LogP contribution in [0.5, 0.6) is 5.75 Å². The standard InChI is InChI=1S/C29H27F5N2O/c1-2-3-4-5-6-19-16-35-28(36-17-19)22-11-12-23-21(15-22)10-9-20(26(23)32)8-7-18-13-24(30)27(25(31)14-18)37-29(33)34/h9-17,29H,2-8H2,1H3. The summed E-state index contributed by atoms with van der Waals surface area (Å²) in [6.45, 7) is -1.16. The van der Waals surface area contributed by atoms with Gasteiger partial charge in [0.05, 0.1) is 0 Å². The zero-order chi connectivity index (χ0) is 26.4. The molecule has 0 aliphatic heterocycles. The van der Waals surface area contributed by atoms with Gasteiger partial charge >= 0.3 is 6.61 Å². The summed E-state index contributed by atoms with van der Waals surface area (Å²) in [4.78, 5) is 8.95. The van der Waals surface area contributed by atoms with Crippen molar-refractivity contribution < 1.29 is 26.7 Å². The molecule has 3 nitrogen and oxygen atoms in total. The van der Waals surface area contributed by atoms with Crippen molar-refractivity contribution in [2.75, 3.05) is 0 Å². The summed E-state index contributed by atoms with van der Waals surface area (Å²) in [5, 5.41) is 1.09. The minimum absolute atomic E-state index is 0.113. The Hall–Kier alpha value is -3.55. The average Bonchev–Trinajstić information content (AvgIpc) is 2.88. The number of alkyl halides is 2. The number of rotatable bonds is 11. The van der Waals surface area contributed by atoms with Gasteiger partial charge in [-0.05, 0) is 66.0 Å². The second kappa shape index (κ2) is 12.1. The van der Waals surface area contributed by atoms with Crippen molar-refractivity contribution in [2.24, 2.45) is 0 Å². The predicted molar refractivity (Wildman–Crippen MR) is 133 cm³/mol. The van der Waals surface area contributed by atoms with Crippen molar-refractivity contribution in [2.45, 2.75) is 58.5 Å². The fraction of sp³-hybridized carbons (Fsp3) is 0.310. The molecule has 4 rings (SSSR count). The fourth-order valence-electron chi connectivity index (χ4n) is 4.30. The Balaban J connectivity index is 1.46. The van der Waals surface area contributed by atoms with Crippen LogP contribution >= 0.6 is 0 Å². The third-order valence-corrected chi connectivity index (χ3v) is 6.26. The molecular weight excluding hydrogens is 487 g/mol. The van der Waals surface area contributed by atoms with Crippen LogP contribution in [0, 0.1) is 17.5 Å². The molecule has 0 aliphatic rings. The summed E-state index contributed by atoms with van der Waals surface area (Å²) in [5.74, 6) is -3.45. The summed E-state index contributed by atoms with van der Waals surface area (Å²) in [7, 11) is 0. The van der Waals surface area contributed by atoms with Crippen LogP contribution in [0.2, 0.25) is 0 Å². The van der Waals surface area contributed by atoms with E-state index in [0.717, 1.165) is 36.1 Å². The zero-order valence-electron chi connectivity index (χ0n) is 20.4. The van der Waals surface area contributed by atoms with Crippen LogP contribution in [0.15, 0.2) is 54.9 Å². The normalized spacial score (nSPS) is 11.4. The van der Waals surface area contributed by atoms with Crippen LogP contribution in [-0.2, 0) is 19.3 Å². The number of hydrogen-bond acceptors (Lipinski definition) is 3. The van der Waals surface area contributed by atoms with Crippen molar-refractivity contribution in [3.63, 3.8) is 0 Å². The van der Waals surface area contributed by atoms with Crippen LogP contribution in [-0.4, -0.2) is 16.6 Å². The molecular formula is C29H27F5N2O. The molecule has 0 radical (unpaired) electrons. The highest BCUT2D eigenvalue weighted by atomic mass is 19.3. The second-order valence-electron chi connectivity index (χ2n) is 8.97. The Labute approximate surface area is 212 Å². The first-order valence-corrected chi connectivity index (χ1v) is 12.3. The smallest absolute Gasteiger partial charge is 0.387 e. The lowest BCUT2D eigenvalue weighted by molar-refractivity contribution is -0.0546. The van der Waals surface area contributed by atoms with Gasteiger partial charge in [0.15, 0.2) is 23.2 Å². The van der Waals surface area contributed by atoms with E-state index in [2.05, 4.69) is 21.6 Å². The Kier molecular flexibility index (Phi) is 8.69. The van der Waals surface area contributed by atoms with E-state index in [-0.39, 0.29) is 18.4 Å². The lowest BCUT2D eigenvalue weighted by Gasteiger charge is -2.11. The molecule has 8 heteroatoms. The molecule has 3 aromatic carbocycles. The summed E-state index contributed by atoms with van der Waals surface area (Å²) in [6, 6.07) is 10.5. The number of fused-ring (bicyclic) bond motifs is 1. The van der Waals surface area contributed by atoms with Crippen molar-refractivity contribution in [1.29, 1.82) is 0 Å². The van der Waals surface area contributed by atoms with Gasteiger partial charge < -0.3 is 4.74 Å². The number of ether oxygens (including phenoxy) is 1. The largest absolute Gasteiger partial charge is 0.429 e. The topological polar surface area (TPSA) is 35.0 Å². The third-order valence-electron chi connectivity index (χ3n) is 6.26. The predicted octanol–water partition coefficient (Wildman–Crippen LogP) is 8.22. The van der Waals surface area contributed by atoms with E-state index in [9.17, 15) is 17.6 Å².